The average Bonchev–Trinajstić information content (AvgIpc) is 2.72. The zero-order valence-corrected chi connectivity index (χ0v) is 9.04. The third kappa shape index (κ3) is 3.23. The molecule has 0 aromatic rings. The Labute approximate surface area is 87.2 Å². The van der Waals surface area contributed by atoms with Gasteiger partial charge < -0.3 is 10.2 Å². The Bertz CT molecular complexity index is 149. The van der Waals surface area contributed by atoms with E-state index in [0.29, 0.717) is 0 Å². The number of hydrogen-bond donors (Lipinski definition) is 1. The van der Waals surface area contributed by atoms with Gasteiger partial charge in [-0.05, 0) is 44.8 Å². The van der Waals surface area contributed by atoms with Crippen molar-refractivity contribution in [3.05, 3.63) is 0 Å². The Morgan fingerprint density at radius 1 is 1.29 bits per heavy atom. The van der Waals surface area contributed by atoms with Crippen molar-refractivity contribution in [2.45, 2.75) is 19.3 Å². The minimum atomic E-state index is 0.962. The van der Waals surface area contributed by atoms with Gasteiger partial charge in [-0.2, -0.15) is 0 Å². The molecule has 0 bridgehead atoms. The fraction of sp³-hybridized carbons (Fsp3) is 1.00. The van der Waals surface area contributed by atoms with E-state index in [1.54, 1.807) is 0 Å². The number of nitrogens with one attached hydrogen (secondary N) is 1. The van der Waals surface area contributed by atoms with Crippen LogP contribution in [0.5, 0.6) is 0 Å². The summed E-state index contributed by atoms with van der Waals surface area (Å²) in [7, 11) is 0. The third-order valence-electron chi connectivity index (χ3n) is 3.40. The SMILES string of the molecule is C(CC1CCNC1)CN1CC[N]CC1. The molecule has 1 N–H and O–H groups in total. The molecule has 2 aliphatic heterocycles. The summed E-state index contributed by atoms with van der Waals surface area (Å²) in [4.78, 5) is 2.56. The fourth-order valence-corrected chi connectivity index (χ4v) is 2.44. The molecule has 0 amide bonds. The molecule has 0 spiro atoms. The van der Waals surface area contributed by atoms with Crippen molar-refractivity contribution >= 4 is 0 Å². The smallest absolute Gasteiger partial charge is 0.0261 e. The lowest BCUT2D eigenvalue weighted by Gasteiger charge is -2.26. The standard InChI is InChI=1S/C11H22N3/c1(2-11-3-4-13-10-11)7-14-8-5-12-6-9-14/h11,13H,1-10H2. The Kier molecular flexibility index (Phi) is 4.22. The molecule has 0 aromatic carbocycles. The van der Waals surface area contributed by atoms with Gasteiger partial charge in [0.1, 0.15) is 0 Å². The summed E-state index contributed by atoms with van der Waals surface area (Å²) in [6, 6.07) is 0. The Morgan fingerprint density at radius 2 is 2.14 bits per heavy atom. The molecule has 0 aromatic heterocycles. The topological polar surface area (TPSA) is 29.4 Å². The molecule has 1 unspecified atom stereocenters. The van der Waals surface area contributed by atoms with E-state index in [-0.39, 0.29) is 0 Å². The van der Waals surface area contributed by atoms with Crippen LogP contribution >= 0.6 is 0 Å². The molecule has 2 rings (SSSR count). The van der Waals surface area contributed by atoms with Gasteiger partial charge in [-0.15, -0.1) is 0 Å². The number of piperazine rings is 1. The van der Waals surface area contributed by atoms with E-state index in [9.17, 15) is 0 Å². The van der Waals surface area contributed by atoms with Gasteiger partial charge in [0.2, 0.25) is 0 Å². The second kappa shape index (κ2) is 5.69. The van der Waals surface area contributed by atoms with Crippen LogP contribution in [0.1, 0.15) is 19.3 Å². The molecule has 2 fully saturated rings. The summed E-state index contributed by atoms with van der Waals surface area (Å²) in [5, 5.41) is 7.79. The second-order valence-electron chi connectivity index (χ2n) is 4.51. The molecule has 3 heteroatoms. The molecule has 1 radical (unpaired) electrons. The van der Waals surface area contributed by atoms with Crippen LogP contribution in [0.3, 0.4) is 0 Å². The van der Waals surface area contributed by atoms with Crippen LogP contribution in [0.2, 0.25) is 0 Å². The van der Waals surface area contributed by atoms with Crippen molar-refractivity contribution in [1.82, 2.24) is 15.5 Å². The van der Waals surface area contributed by atoms with E-state index in [4.69, 9.17) is 0 Å². The van der Waals surface area contributed by atoms with E-state index < -0.39 is 0 Å². The Morgan fingerprint density at radius 3 is 2.86 bits per heavy atom. The Balaban J connectivity index is 1.52. The number of nitrogens with zero attached hydrogens (tertiary/aromatic N) is 2. The highest BCUT2D eigenvalue weighted by Gasteiger charge is 2.15. The maximum absolute atomic E-state index is 4.36. The molecule has 1 atom stereocenters. The molecule has 3 nitrogen and oxygen atoms in total. The highest BCUT2D eigenvalue weighted by Crippen LogP contribution is 2.14. The van der Waals surface area contributed by atoms with Gasteiger partial charge in [0.25, 0.3) is 0 Å². The average molecular weight is 196 g/mol. The van der Waals surface area contributed by atoms with Crippen LogP contribution in [-0.4, -0.2) is 50.7 Å². The summed E-state index contributed by atoms with van der Waals surface area (Å²) in [5.74, 6) is 0.962. The van der Waals surface area contributed by atoms with E-state index >= 15 is 0 Å². The van der Waals surface area contributed by atoms with Crippen LogP contribution in [0.15, 0.2) is 0 Å². The van der Waals surface area contributed by atoms with Crippen molar-refractivity contribution in [2.75, 3.05) is 45.8 Å². The van der Waals surface area contributed by atoms with Crippen molar-refractivity contribution in [3.63, 3.8) is 0 Å². The molecular weight excluding hydrogens is 174 g/mol. The highest BCUT2D eigenvalue weighted by molar-refractivity contribution is 4.72. The van der Waals surface area contributed by atoms with E-state index in [2.05, 4.69) is 15.5 Å². The van der Waals surface area contributed by atoms with E-state index in [0.717, 1.165) is 19.0 Å². The van der Waals surface area contributed by atoms with Gasteiger partial charge in [0.05, 0.1) is 0 Å². The molecule has 14 heavy (non-hydrogen) atoms. The van der Waals surface area contributed by atoms with Crippen molar-refractivity contribution < 1.29 is 0 Å². The molecule has 2 heterocycles. The largest absolute Gasteiger partial charge is 0.316 e. The summed E-state index contributed by atoms with van der Waals surface area (Å²) in [6.45, 7) is 8.32. The molecule has 81 valence electrons. The number of rotatable bonds is 4. The minimum Gasteiger partial charge on any atom is -0.316 e. The summed E-state index contributed by atoms with van der Waals surface area (Å²) < 4.78 is 0. The predicted molar refractivity (Wildman–Crippen MR) is 58.5 cm³/mol. The quantitative estimate of drug-likeness (QED) is 0.700. The van der Waals surface area contributed by atoms with Gasteiger partial charge >= 0.3 is 0 Å². The van der Waals surface area contributed by atoms with Gasteiger partial charge in [-0.1, -0.05) is 0 Å². The lowest BCUT2D eigenvalue weighted by Crippen LogP contribution is -2.40. The first-order valence-electron chi connectivity index (χ1n) is 6.01. The first-order chi connectivity index (χ1) is 6.95. The minimum absolute atomic E-state index is 0.962. The van der Waals surface area contributed by atoms with Crippen LogP contribution in [-0.2, 0) is 0 Å². The van der Waals surface area contributed by atoms with Crippen molar-refractivity contribution in [2.24, 2.45) is 5.92 Å². The maximum Gasteiger partial charge on any atom is 0.0261 e. The molecule has 0 saturated carbocycles. The van der Waals surface area contributed by atoms with Crippen molar-refractivity contribution in [3.8, 4) is 0 Å². The predicted octanol–water partition coefficient (Wildman–Crippen LogP) is 0.296. The van der Waals surface area contributed by atoms with Crippen LogP contribution in [0, 0.1) is 5.92 Å². The summed E-state index contributed by atoms with van der Waals surface area (Å²) in [6.07, 6.45) is 4.20. The number of hydrogen-bond acceptors (Lipinski definition) is 2. The lowest BCUT2D eigenvalue weighted by atomic mass is 10.0. The van der Waals surface area contributed by atoms with Gasteiger partial charge in [-0.3, -0.25) is 0 Å². The zero-order valence-electron chi connectivity index (χ0n) is 9.04. The van der Waals surface area contributed by atoms with Crippen LogP contribution in [0.25, 0.3) is 0 Å². The molecule has 0 aliphatic carbocycles. The van der Waals surface area contributed by atoms with Crippen LogP contribution in [0.4, 0.5) is 0 Å². The van der Waals surface area contributed by atoms with Crippen molar-refractivity contribution in [1.29, 1.82) is 0 Å². The fourth-order valence-electron chi connectivity index (χ4n) is 2.44. The first-order valence-corrected chi connectivity index (χ1v) is 6.01. The maximum atomic E-state index is 4.36. The first kappa shape index (κ1) is 10.4. The lowest BCUT2D eigenvalue weighted by molar-refractivity contribution is 0.230. The zero-order chi connectivity index (χ0) is 9.64. The normalized spacial score (nSPS) is 29.6. The monoisotopic (exact) mass is 196 g/mol. The van der Waals surface area contributed by atoms with Gasteiger partial charge in [0.15, 0.2) is 0 Å². The molecule has 2 aliphatic rings. The van der Waals surface area contributed by atoms with E-state index in [1.807, 2.05) is 0 Å². The molecular formula is C11H22N3. The second-order valence-corrected chi connectivity index (χ2v) is 4.51. The summed E-state index contributed by atoms with van der Waals surface area (Å²) >= 11 is 0. The van der Waals surface area contributed by atoms with Gasteiger partial charge in [0, 0.05) is 26.2 Å². The summed E-state index contributed by atoms with van der Waals surface area (Å²) in [5.41, 5.74) is 0. The van der Waals surface area contributed by atoms with Gasteiger partial charge in [-0.25, -0.2) is 5.32 Å². The Hall–Kier alpha value is -0.120. The highest BCUT2D eigenvalue weighted by atomic mass is 15.2. The van der Waals surface area contributed by atoms with E-state index in [1.165, 1.54) is 52.0 Å². The van der Waals surface area contributed by atoms with Crippen LogP contribution < -0.4 is 10.6 Å². The third-order valence-corrected chi connectivity index (χ3v) is 3.40. The molecule has 2 saturated heterocycles.